The Morgan fingerprint density at radius 2 is 2.21 bits per heavy atom. The van der Waals surface area contributed by atoms with Gasteiger partial charge in [-0.05, 0) is 24.3 Å². The quantitative estimate of drug-likeness (QED) is 0.389. The van der Waals surface area contributed by atoms with Crippen molar-refractivity contribution in [2.45, 2.75) is 0 Å². The summed E-state index contributed by atoms with van der Waals surface area (Å²) >= 11 is 5.80. The molecular weight excluding hydrogens is 275 g/mol. The molecule has 0 fully saturated rings. The molecule has 0 bridgehead atoms. The zero-order valence-electron chi connectivity index (χ0n) is 9.42. The fourth-order valence-corrected chi connectivity index (χ4v) is 1.45. The number of ether oxygens (including phenoxy) is 1. The van der Waals surface area contributed by atoms with Crippen LogP contribution in [0, 0.1) is 5.82 Å². The van der Waals surface area contributed by atoms with Gasteiger partial charge in [-0.1, -0.05) is 16.8 Å². The summed E-state index contributed by atoms with van der Waals surface area (Å²) in [4.78, 5) is 7.74. The minimum Gasteiger partial charge on any atom is -0.423 e. The van der Waals surface area contributed by atoms with Gasteiger partial charge in [0.15, 0.2) is 5.84 Å². The van der Waals surface area contributed by atoms with Gasteiger partial charge >= 0.3 is 6.01 Å². The van der Waals surface area contributed by atoms with E-state index in [-0.39, 0.29) is 28.3 Å². The van der Waals surface area contributed by atoms with Crippen LogP contribution in [0.2, 0.25) is 5.02 Å². The standard InChI is InChI=1S/C11H8ClFN4O2/c12-7-5-6(13)1-2-9(7)19-11-15-4-3-8(16-11)10(14)17-18/h1-5,18H,(H2,14,17). The van der Waals surface area contributed by atoms with Crippen LogP contribution in [-0.4, -0.2) is 21.0 Å². The molecule has 98 valence electrons. The summed E-state index contributed by atoms with van der Waals surface area (Å²) in [6, 6.07) is 5.02. The second-order valence-electron chi connectivity index (χ2n) is 3.39. The van der Waals surface area contributed by atoms with Crippen LogP contribution in [0.1, 0.15) is 5.69 Å². The molecule has 3 N–H and O–H groups in total. The van der Waals surface area contributed by atoms with E-state index in [9.17, 15) is 4.39 Å². The first-order chi connectivity index (χ1) is 9.10. The Morgan fingerprint density at radius 1 is 1.42 bits per heavy atom. The van der Waals surface area contributed by atoms with E-state index in [0.717, 1.165) is 6.07 Å². The molecule has 0 saturated heterocycles. The van der Waals surface area contributed by atoms with Gasteiger partial charge < -0.3 is 15.7 Å². The highest BCUT2D eigenvalue weighted by Crippen LogP contribution is 2.28. The highest BCUT2D eigenvalue weighted by molar-refractivity contribution is 6.32. The average molecular weight is 283 g/mol. The lowest BCUT2D eigenvalue weighted by atomic mass is 10.3. The maximum absolute atomic E-state index is 12.9. The van der Waals surface area contributed by atoms with Crippen molar-refractivity contribution in [3.05, 3.63) is 47.0 Å². The smallest absolute Gasteiger partial charge is 0.322 e. The molecule has 0 amide bonds. The Bertz CT molecular complexity index is 636. The second kappa shape index (κ2) is 5.49. The molecule has 0 aliphatic heterocycles. The van der Waals surface area contributed by atoms with Crippen molar-refractivity contribution in [3.8, 4) is 11.8 Å². The number of rotatable bonds is 3. The molecule has 19 heavy (non-hydrogen) atoms. The summed E-state index contributed by atoms with van der Waals surface area (Å²) in [5.74, 6) is -0.471. The number of oxime groups is 1. The molecule has 1 aromatic carbocycles. The van der Waals surface area contributed by atoms with Crippen LogP contribution in [0.15, 0.2) is 35.6 Å². The molecule has 0 unspecified atom stereocenters. The van der Waals surface area contributed by atoms with Crippen LogP contribution in [0.5, 0.6) is 11.8 Å². The molecule has 0 radical (unpaired) electrons. The molecule has 8 heteroatoms. The normalized spacial score (nSPS) is 11.4. The molecule has 2 rings (SSSR count). The van der Waals surface area contributed by atoms with Crippen molar-refractivity contribution in [2.75, 3.05) is 0 Å². The van der Waals surface area contributed by atoms with Crippen LogP contribution in [0.4, 0.5) is 4.39 Å². The number of hydrogen-bond acceptors (Lipinski definition) is 5. The van der Waals surface area contributed by atoms with E-state index in [4.69, 9.17) is 27.3 Å². The Labute approximate surface area is 112 Å². The molecule has 1 aromatic heterocycles. The van der Waals surface area contributed by atoms with E-state index in [1.165, 1.54) is 24.4 Å². The third kappa shape index (κ3) is 3.08. The van der Waals surface area contributed by atoms with Crippen molar-refractivity contribution < 1.29 is 14.3 Å². The number of halogens is 2. The van der Waals surface area contributed by atoms with E-state index in [2.05, 4.69) is 15.1 Å². The lowest BCUT2D eigenvalue weighted by Crippen LogP contribution is -2.15. The first kappa shape index (κ1) is 13.0. The van der Waals surface area contributed by atoms with E-state index in [1.807, 2.05) is 0 Å². The molecule has 0 saturated carbocycles. The Balaban J connectivity index is 2.28. The van der Waals surface area contributed by atoms with E-state index < -0.39 is 5.82 Å². The predicted molar refractivity (Wildman–Crippen MR) is 66.0 cm³/mol. The number of hydrogen-bond donors (Lipinski definition) is 2. The van der Waals surface area contributed by atoms with Gasteiger partial charge in [0.1, 0.15) is 17.3 Å². The fourth-order valence-electron chi connectivity index (χ4n) is 1.24. The Kier molecular flexibility index (Phi) is 3.76. The maximum Gasteiger partial charge on any atom is 0.322 e. The third-order valence-corrected chi connectivity index (χ3v) is 2.39. The Hall–Kier alpha value is -2.41. The van der Waals surface area contributed by atoms with Gasteiger partial charge in [-0.15, -0.1) is 0 Å². The first-order valence-electron chi connectivity index (χ1n) is 5.04. The highest BCUT2D eigenvalue weighted by atomic mass is 35.5. The number of aromatic nitrogens is 2. The van der Waals surface area contributed by atoms with Crippen molar-refractivity contribution in [1.29, 1.82) is 0 Å². The van der Waals surface area contributed by atoms with Crippen LogP contribution in [0.3, 0.4) is 0 Å². The lowest BCUT2D eigenvalue weighted by Gasteiger charge is -2.06. The van der Waals surface area contributed by atoms with E-state index >= 15 is 0 Å². The van der Waals surface area contributed by atoms with Crippen molar-refractivity contribution in [1.82, 2.24) is 9.97 Å². The molecule has 6 nitrogen and oxygen atoms in total. The minimum absolute atomic E-state index is 0.0578. The molecular formula is C11H8ClFN4O2. The average Bonchev–Trinajstić information content (AvgIpc) is 2.41. The van der Waals surface area contributed by atoms with E-state index in [0.29, 0.717) is 0 Å². The summed E-state index contributed by atoms with van der Waals surface area (Å²) in [6.45, 7) is 0. The first-order valence-corrected chi connectivity index (χ1v) is 5.42. The van der Waals surface area contributed by atoms with Crippen molar-refractivity contribution >= 4 is 17.4 Å². The molecule has 0 spiro atoms. The largest absolute Gasteiger partial charge is 0.423 e. The number of benzene rings is 1. The van der Waals surface area contributed by atoms with Gasteiger partial charge in [-0.2, -0.15) is 4.98 Å². The Morgan fingerprint density at radius 3 is 2.89 bits per heavy atom. The van der Waals surface area contributed by atoms with Crippen LogP contribution in [-0.2, 0) is 0 Å². The van der Waals surface area contributed by atoms with Crippen LogP contribution < -0.4 is 10.5 Å². The van der Waals surface area contributed by atoms with Gasteiger partial charge in [-0.3, -0.25) is 0 Å². The zero-order valence-corrected chi connectivity index (χ0v) is 10.2. The fraction of sp³-hybridized carbons (Fsp3) is 0. The van der Waals surface area contributed by atoms with Crippen LogP contribution >= 0.6 is 11.6 Å². The molecule has 2 aromatic rings. The third-order valence-electron chi connectivity index (χ3n) is 2.10. The van der Waals surface area contributed by atoms with Crippen molar-refractivity contribution in [3.63, 3.8) is 0 Å². The summed E-state index contributed by atoms with van der Waals surface area (Å²) < 4.78 is 18.2. The van der Waals surface area contributed by atoms with Gasteiger partial charge in [0.25, 0.3) is 0 Å². The van der Waals surface area contributed by atoms with Gasteiger partial charge in [0.05, 0.1) is 5.02 Å². The number of amidine groups is 1. The monoisotopic (exact) mass is 282 g/mol. The summed E-state index contributed by atoms with van der Waals surface area (Å²) in [6.07, 6.45) is 1.37. The van der Waals surface area contributed by atoms with Crippen LogP contribution in [0.25, 0.3) is 0 Å². The maximum atomic E-state index is 12.9. The number of nitrogens with zero attached hydrogens (tertiary/aromatic N) is 3. The number of nitrogens with two attached hydrogens (primary N) is 1. The molecule has 1 heterocycles. The molecule has 0 atom stereocenters. The zero-order chi connectivity index (χ0) is 13.8. The van der Waals surface area contributed by atoms with Gasteiger partial charge in [-0.25, -0.2) is 9.37 Å². The van der Waals surface area contributed by atoms with E-state index in [1.54, 1.807) is 0 Å². The SMILES string of the molecule is N/C(=N/O)c1ccnc(Oc2ccc(F)cc2Cl)n1. The minimum atomic E-state index is -0.483. The molecule has 0 aliphatic rings. The second-order valence-corrected chi connectivity index (χ2v) is 3.79. The topological polar surface area (TPSA) is 93.6 Å². The van der Waals surface area contributed by atoms with Crippen molar-refractivity contribution in [2.24, 2.45) is 10.9 Å². The highest BCUT2D eigenvalue weighted by Gasteiger charge is 2.08. The summed E-state index contributed by atoms with van der Waals surface area (Å²) in [5.41, 5.74) is 5.57. The van der Waals surface area contributed by atoms with Gasteiger partial charge in [0, 0.05) is 6.20 Å². The summed E-state index contributed by atoms with van der Waals surface area (Å²) in [5, 5.41) is 11.4. The summed E-state index contributed by atoms with van der Waals surface area (Å²) in [7, 11) is 0. The molecule has 0 aliphatic carbocycles. The van der Waals surface area contributed by atoms with Gasteiger partial charge in [0.2, 0.25) is 0 Å². The lowest BCUT2D eigenvalue weighted by molar-refractivity contribution is 0.318. The predicted octanol–water partition coefficient (Wildman–Crippen LogP) is 2.16.